The second-order valence-corrected chi connectivity index (χ2v) is 3.78. The van der Waals surface area contributed by atoms with E-state index < -0.39 is 4.92 Å². The highest BCUT2D eigenvalue weighted by atomic mass is 16.6. The van der Waals surface area contributed by atoms with E-state index >= 15 is 0 Å². The second-order valence-electron chi connectivity index (χ2n) is 3.78. The fraction of sp³-hybridized carbons (Fsp3) is 0.182. The SMILES string of the molecule is O=[N+]([O-])c1cn2c(n1)OCC2c1ccccc1. The minimum Gasteiger partial charge on any atom is -0.443 e. The van der Waals surface area contributed by atoms with Gasteiger partial charge in [0.05, 0.1) is 6.04 Å². The lowest BCUT2D eigenvalue weighted by atomic mass is 10.1. The summed E-state index contributed by atoms with van der Waals surface area (Å²) in [6, 6.07) is 10.00. The Morgan fingerprint density at radius 1 is 1.41 bits per heavy atom. The third-order valence-electron chi connectivity index (χ3n) is 2.76. The van der Waals surface area contributed by atoms with Gasteiger partial charge in [-0.1, -0.05) is 30.3 Å². The number of rotatable bonds is 2. The number of imidazole rings is 1. The molecule has 0 bridgehead atoms. The smallest absolute Gasteiger partial charge is 0.415 e. The zero-order valence-electron chi connectivity index (χ0n) is 8.81. The summed E-state index contributed by atoms with van der Waals surface area (Å²) in [6.45, 7) is 0.463. The number of benzene rings is 1. The van der Waals surface area contributed by atoms with Crippen molar-refractivity contribution in [2.45, 2.75) is 6.04 Å². The van der Waals surface area contributed by atoms with Gasteiger partial charge in [0.1, 0.15) is 12.8 Å². The first-order chi connectivity index (χ1) is 8.25. The maximum Gasteiger partial charge on any atom is 0.415 e. The van der Waals surface area contributed by atoms with Gasteiger partial charge in [-0.15, -0.1) is 0 Å². The zero-order valence-corrected chi connectivity index (χ0v) is 8.81. The lowest BCUT2D eigenvalue weighted by Gasteiger charge is -2.08. The number of nitro groups is 1. The van der Waals surface area contributed by atoms with Crippen molar-refractivity contribution < 1.29 is 9.66 Å². The zero-order chi connectivity index (χ0) is 11.8. The predicted octanol–water partition coefficient (Wildman–Crippen LogP) is 1.77. The molecular weight excluding hydrogens is 222 g/mol. The van der Waals surface area contributed by atoms with Gasteiger partial charge in [-0.05, 0) is 10.5 Å². The molecule has 1 aromatic carbocycles. The molecule has 1 aliphatic heterocycles. The van der Waals surface area contributed by atoms with Crippen LogP contribution in [0.4, 0.5) is 5.82 Å². The Hall–Kier alpha value is -2.37. The van der Waals surface area contributed by atoms with Gasteiger partial charge in [0, 0.05) is 4.98 Å². The summed E-state index contributed by atoms with van der Waals surface area (Å²) in [5.41, 5.74) is 1.05. The first-order valence-corrected chi connectivity index (χ1v) is 5.17. The molecule has 0 fully saturated rings. The molecular formula is C11H9N3O3. The van der Waals surface area contributed by atoms with Crippen LogP contribution in [0.15, 0.2) is 36.5 Å². The molecule has 2 heterocycles. The Balaban J connectivity index is 2.01. The highest BCUT2D eigenvalue weighted by Gasteiger charge is 2.32. The molecule has 17 heavy (non-hydrogen) atoms. The normalized spacial score (nSPS) is 17.5. The molecule has 1 atom stereocenters. The average molecular weight is 231 g/mol. The van der Waals surface area contributed by atoms with E-state index in [0.717, 1.165) is 5.56 Å². The molecule has 0 radical (unpaired) electrons. The molecule has 0 N–H and O–H groups in total. The van der Waals surface area contributed by atoms with Gasteiger partial charge in [0.25, 0.3) is 0 Å². The third kappa shape index (κ3) is 1.54. The Kier molecular flexibility index (Phi) is 2.07. The molecule has 0 amide bonds. The number of nitrogens with zero attached hydrogens (tertiary/aromatic N) is 3. The van der Waals surface area contributed by atoms with Crippen LogP contribution < -0.4 is 4.74 Å². The topological polar surface area (TPSA) is 70.2 Å². The van der Waals surface area contributed by atoms with Crippen molar-refractivity contribution >= 4 is 5.82 Å². The van der Waals surface area contributed by atoms with Gasteiger partial charge in [0.15, 0.2) is 0 Å². The Labute approximate surface area is 96.6 Å². The van der Waals surface area contributed by atoms with Crippen LogP contribution >= 0.6 is 0 Å². The molecule has 1 unspecified atom stereocenters. The Morgan fingerprint density at radius 3 is 2.88 bits per heavy atom. The van der Waals surface area contributed by atoms with Gasteiger partial charge in [0.2, 0.25) is 0 Å². The van der Waals surface area contributed by atoms with Gasteiger partial charge >= 0.3 is 11.8 Å². The Morgan fingerprint density at radius 2 is 2.18 bits per heavy atom. The van der Waals surface area contributed by atoms with Gasteiger partial charge < -0.3 is 14.9 Å². The van der Waals surface area contributed by atoms with Crippen molar-refractivity contribution in [2.75, 3.05) is 6.61 Å². The van der Waals surface area contributed by atoms with Crippen LogP contribution in [0.3, 0.4) is 0 Å². The highest BCUT2D eigenvalue weighted by Crippen LogP contribution is 2.32. The van der Waals surface area contributed by atoms with Crippen LogP contribution in [-0.2, 0) is 0 Å². The highest BCUT2D eigenvalue weighted by molar-refractivity contribution is 5.29. The van der Waals surface area contributed by atoms with Crippen LogP contribution in [-0.4, -0.2) is 21.1 Å². The second kappa shape index (κ2) is 3.58. The van der Waals surface area contributed by atoms with E-state index in [2.05, 4.69) is 4.98 Å². The van der Waals surface area contributed by atoms with Crippen LogP contribution in [0.25, 0.3) is 0 Å². The van der Waals surface area contributed by atoms with Crippen LogP contribution in [0.5, 0.6) is 6.01 Å². The Bertz CT molecular complexity index is 565. The lowest BCUT2D eigenvalue weighted by molar-refractivity contribution is -0.389. The van der Waals surface area contributed by atoms with Crippen molar-refractivity contribution in [1.29, 1.82) is 0 Å². The van der Waals surface area contributed by atoms with E-state index in [1.54, 1.807) is 4.57 Å². The number of hydrogen-bond acceptors (Lipinski definition) is 4. The number of fused-ring (bicyclic) bond motifs is 1. The fourth-order valence-electron chi connectivity index (χ4n) is 1.95. The summed E-state index contributed by atoms with van der Waals surface area (Å²) in [6.07, 6.45) is 1.42. The van der Waals surface area contributed by atoms with E-state index in [1.165, 1.54) is 6.20 Å². The minimum atomic E-state index is -0.517. The summed E-state index contributed by atoms with van der Waals surface area (Å²) < 4.78 is 7.05. The molecule has 1 aliphatic rings. The number of hydrogen-bond donors (Lipinski definition) is 0. The monoisotopic (exact) mass is 231 g/mol. The van der Waals surface area contributed by atoms with Crippen LogP contribution in [0.1, 0.15) is 11.6 Å². The molecule has 6 nitrogen and oxygen atoms in total. The van der Waals surface area contributed by atoms with Crippen molar-refractivity contribution in [3.8, 4) is 6.01 Å². The molecule has 6 heteroatoms. The number of ether oxygens (including phenoxy) is 1. The molecule has 2 aromatic rings. The van der Waals surface area contributed by atoms with E-state index in [4.69, 9.17) is 4.74 Å². The average Bonchev–Trinajstić information content (AvgIpc) is 2.89. The summed E-state index contributed by atoms with van der Waals surface area (Å²) >= 11 is 0. The fourth-order valence-corrected chi connectivity index (χ4v) is 1.95. The largest absolute Gasteiger partial charge is 0.443 e. The molecule has 3 rings (SSSR count). The molecule has 0 saturated carbocycles. The summed E-state index contributed by atoms with van der Waals surface area (Å²) in [5, 5.41) is 10.6. The molecule has 0 spiro atoms. The van der Waals surface area contributed by atoms with Crippen molar-refractivity contribution in [3.05, 3.63) is 52.2 Å². The van der Waals surface area contributed by atoms with Crippen molar-refractivity contribution in [1.82, 2.24) is 9.55 Å². The van der Waals surface area contributed by atoms with Crippen LogP contribution in [0.2, 0.25) is 0 Å². The summed E-state index contributed by atoms with van der Waals surface area (Å²) in [5.74, 6) is -0.180. The molecule has 0 saturated heterocycles. The molecule has 0 aliphatic carbocycles. The van der Waals surface area contributed by atoms with Crippen LogP contribution in [0, 0.1) is 10.1 Å². The van der Waals surface area contributed by atoms with E-state index in [9.17, 15) is 10.1 Å². The number of aromatic nitrogens is 2. The molecule has 86 valence electrons. The standard InChI is InChI=1S/C11H9N3O3/c15-14(16)10-6-13-9(7-17-11(13)12-10)8-4-2-1-3-5-8/h1-6,9H,7H2. The van der Waals surface area contributed by atoms with Gasteiger partial charge in [-0.25, -0.2) is 0 Å². The summed E-state index contributed by atoms with van der Waals surface area (Å²) in [4.78, 5) is 13.9. The first-order valence-electron chi connectivity index (χ1n) is 5.17. The minimum absolute atomic E-state index is 0.0348. The quantitative estimate of drug-likeness (QED) is 0.583. The van der Waals surface area contributed by atoms with Gasteiger partial charge in [-0.2, -0.15) is 0 Å². The van der Waals surface area contributed by atoms with Gasteiger partial charge in [-0.3, -0.25) is 4.57 Å². The molecule has 1 aromatic heterocycles. The lowest BCUT2D eigenvalue weighted by Crippen LogP contribution is -2.08. The predicted molar refractivity (Wildman–Crippen MR) is 59.0 cm³/mol. The van der Waals surface area contributed by atoms with E-state index in [0.29, 0.717) is 12.6 Å². The van der Waals surface area contributed by atoms with E-state index in [1.807, 2.05) is 30.3 Å². The van der Waals surface area contributed by atoms with E-state index in [-0.39, 0.29) is 11.9 Å². The van der Waals surface area contributed by atoms with Crippen molar-refractivity contribution in [3.63, 3.8) is 0 Å². The first kappa shape index (κ1) is 9.83. The van der Waals surface area contributed by atoms with Crippen molar-refractivity contribution in [2.24, 2.45) is 0 Å². The summed E-state index contributed by atoms with van der Waals surface area (Å²) in [7, 11) is 0. The maximum absolute atomic E-state index is 10.6. The third-order valence-corrected chi connectivity index (χ3v) is 2.76. The maximum atomic E-state index is 10.6.